The zero-order chi connectivity index (χ0) is 15.2. The zero-order valence-electron chi connectivity index (χ0n) is 12.2. The van der Waals surface area contributed by atoms with Gasteiger partial charge in [0.2, 0.25) is 5.91 Å². The third kappa shape index (κ3) is 4.29. The fourth-order valence-corrected chi connectivity index (χ4v) is 2.57. The number of carbonyl (C=O) groups is 2. The lowest BCUT2D eigenvalue weighted by molar-refractivity contribution is -0.142. The fraction of sp³-hybridized carbons (Fsp3) is 0.500. The fourth-order valence-electron chi connectivity index (χ4n) is 2.57. The molecule has 1 aromatic rings. The summed E-state index contributed by atoms with van der Waals surface area (Å²) in [6.07, 6.45) is 0.298. The number of likely N-dealkylation sites (tertiary alicyclic amines) is 1. The van der Waals surface area contributed by atoms with Crippen LogP contribution in [0.1, 0.15) is 18.9 Å². The summed E-state index contributed by atoms with van der Waals surface area (Å²) in [6, 6.07) is 9.78. The molecule has 5 nitrogen and oxygen atoms in total. The van der Waals surface area contributed by atoms with Gasteiger partial charge in [0.15, 0.2) is 0 Å². The highest BCUT2D eigenvalue weighted by Gasteiger charge is 2.36. The van der Waals surface area contributed by atoms with Gasteiger partial charge in [-0.2, -0.15) is 0 Å². The van der Waals surface area contributed by atoms with Crippen molar-refractivity contribution in [2.75, 3.05) is 19.7 Å². The lowest BCUT2D eigenvalue weighted by Crippen LogP contribution is -2.30. The predicted molar refractivity (Wildman–Crippen MR) is 77.6 cm³/mol. The molecule has 5 heteroatoms. The Kier molecular flexibility index (Phi) is 5.33. The highest BCUT2D eigenvalue weighted by Crippen LogP contribution is 2.23. The van der Waals surface area contributed by atoms with Gasteiger partial charge in [0.05, 0.1) is 25.6 Å². The molecule has 0 saturated carbocycles. The molecule has 1 heterocycles. The van der Waals surface area contributed by atoms with Crippen LogP contribution in [0.3, 0.4) is 0 Å². The van der Waals surface area contributed by atoms with Crippen molar-refractivity contribution in [2.45, 2.75) is 20.0 Å². The molecule has 1 aliphatic heterocycles. The molecular formula is C16H21NO4. The molecule has 1 aliphatic rings. The first-order chi connectivity index (χ1) is 10.1. The Balaban J connectivity index is 1.69. The van der Waals surface area contributed by atoms with Crippen LogP contribution in [0.15, 0.2) is 30.3 Å². The number of carboxylic acids is 1. The standard InChI is InChI=1S/C16H21NO4/c1-12-9-17(10-14(12)16(19)20)15(18)7-8-21-11-13-5-3-2-4-6-13/h2-6,12,14H,7-11H2,1H3,(H,19,20)/t12-,14-/m1/s1. The second-order valence-electron chi connectivity index (χ2n) is 5.51. The van der Waals surface area contributed by atoms with Crippen LogP contribution in [0, 0.1) is 11.8 Å². The van der Waals surface area contributed by atoms with Crippen molar-refractivity contribution in [2.24, 2.45) is 11.8 Å². The SMILES string of the molecule is C[C@@H]1CN(C(=O)CCOCc2ccccc2)C[C@H]1C(=O)O. The van der Waals surface area contributed by atoms with Crippen molar-refractivity contribution in [3.63, 3.8) is 0 Å². The van der Waals surface area contributed by atoms with E-state index in [0.29, 0.717) is 32.7 Å². The second kappa shape index (κ2) is 7.22. The van der Waals surface area contributed by atoms with E-state index in [1.54, 1.807) is 4.90 Å². The topological polar surface area (TPSA) is 66.8 Å². The van der Waals surface area contributed by atoms with Crippen LogP contribution >= 0.6 is 0 Å². The number of carbonyl (C=O) groups excluding carboxylic acids is 1. The van der Waals surface area contributed by atoms with Crippen LogP contribution in [-0.4, -0.2) is 41.6 Å². The van der Waals surface area contributed by atoms with Crippen molar-refractivity contribution in [1.29, 1.82) is 0 Å². The quantitative estimate of drug-likeness (QED) is 0.811. The summed E-state index contributed by atoms with van der Waals surface area (Å²) in [5.74, 6) is -1.28. The van der Waals surface area contributed by atoms with Gasteiger partial charge in [-0.05, 0) is 11.5 Å². The first kappa shape index (κ1) is 15.5. The molecule has 1 N–H and O–H groups in total. The highest BCUT2D eigenvalue weighted by atomic mass is 16.5. The molecule has 0 aromatic heterocycles. The minimum absolute atomic E-state index is 0.0108. The van der Waals surface area contributed by atoms with E-state index in [1.165, 1.54) is 0 Å². The van der Waals surface area contributed by atoms with Crippen molar-refractivity contribution in [3.05, 3.63) is 35.9 Å². The van der Waals surface area contributed by atoms with Gasteiger partial charge in [0.25, 0.3) is 0 Å². The molecule has 0 bridgehead atoms. The molecule has 21 heavy (non-hydrogen) atoms. The highest BCUT2D eigenvalue weighted by molar-refractivity contribution is 5.79. The largest absolute Gasteiger partial charge is 0.481 e. The summed E-state index contributed by atoms with van der Waals surface area (Å²) in [6.45, 7) is 3.55. The number of aliphatic carboxylic acids is 1. The van der Waals surface area contributed by atoms with Gasteiger partial charge in [0, 0.05) is 13.1 Å². The number of hydrogen-bond donors (Lipinski definition) is 1. The molecule has 2 rings (SSSR count). The molecular weight excluding hydrogens is 270 g/mol. The number of ether oxygens (including phenoxy) is 1. The summed E-state index contributed by atoms with van der Waals surface area (Å²) < 4.78 is 5.49. The van der Waals surface area contributed by atoms with Crippen LogP contribution in [0.2, 0.25) is 0 Å². The molecule has 0 spiro atoms. The van der Waals surface area contributed by atoms with Gasteiger partial charge in [-0.25, -0.2) is 0 Å². The van der Waals surface area contributed by atoms with Gasteiger partial charge in [-0.1, -0.05) is 37.3 Å². The monoisotopic (exact) mass is 291 g/mol. The van der Waals surface area contributed by atoms with E-state index in [2.05, 4.69) is 0 Å². The number of carboxylic acid groups (broad SMARTS) is 1. The molecule has 114 valence electrons. The zero-order valence-corrected chi connectivity index (χ0v) is 12.2. The molecule has 1 amide bonds. The third-order valence-electron chi connectivity index (χ3n) is 3.85. The van der Waals surface area contributed by atoms with Gasteiger partial charge >= 0.3 is 5.97 Å². The Hall–Kier alpha value is -1.88. The molecule has 0 aliphatic carbocycles. The van der Waals surface area contributed by atoms with Crippen molar-refractivity contribution in [1.82, 2.24) is 4.90 Å². The molecule has 0 radical (unpaired) electrons. The van der Waals surface area contributed by atoms with Gasteiger partial charge < -0.3 is 14.7 Å². The van der Waals surface area contributed by atoms with Crippen LogP contribution in [-0.2, 0) is 20.9 Å². The summed E-state index contributed by atoms with van der Waals surface area (Å²) in [5.41, 5.74) is 1.07. The first-order valence-corrected chi connectivity index (χ1v) is 7.20. The Morgan fingerprint density at radius 2 is 2.00 bits per heavy atom. The third-order valence-corrected chi connectivity index (χ3v) is 3.85. The van der Waals surface area contributed by atoms with Crippen molar-refractivity contribution < 1.29 is 19.4 Å². The summed E-state index contributed by atoms with van der Waals surface area (Å²) in [5, 5.41) is 9.06. The van der Waals surface area contributed by atoms with E-state index < -0.39 is 11.9 Å². The van der Waals surface area contributed by atoms with Crippen molar-refractivity contribution in [3.8, 4) is 0 Å². The normalized spacial score (nSPS) is 21.5. The summed E-state index contributed by atoms with van der Waals surface area (Å²) >= 11 is 0. The Bertz CT molecular complexity index is 488. The Morgan fingerprint density at radius 3 is 2.62 bits per heavy atom. The molecule has 1 aromatic carbocycles. The van der Waals surface area contributed by atoms with Crippen LogP contribution in [0.4, 0.5) is 0 Å². The van der Waals surface area contributed by atoms with Crippen LogP contribution < -0.4 is 0 Å². The van der Waals surface area contributed by atoms with Crippen molar-refractivity contribution >= 4 is 11.9 Å². The van der Waals surface area contributed by atoms with E-state index in [0.717, 1.165) is 5.56 Å². The van der Waals surface area contributed by atoms with Gasteiger partial charge in [-0.3, -0.25) is 9.59 Å². The second-order valence-corrected chi connectivity index (χ2v) is 5.51. The van der Waals surface area contributed by atoms with Gasteiger partial charge in [0.1, 0.15) is 0 Å². The maximum atomic E-state index is 12.0. The smallest absolute Gasteiger partial charge is 0.308 e. The lowest BCUT2D eigenvalue weighted by Gasteiger charge is -2.15. The number of nitrogens with zero attached hydrogens (tertiary/aromatic N) is 1. The van der Waals surface area contributed by atoms with Crippen LogP contribution in [0.5, 0.6) is 0 Å². The number of hydrogen-bond acceptors (Lipinski definition) is 3. The maximum Gasteiger partial charge on any atom is 0.308 e. The van der Waals surface area contributed by atoms with E-state index in [9.17, 15) is 9.59 Å². The van der Waals surface area contributed by atoms with E-state index >= 15 is 0 Å². The molecule has 1 saturated heterocycles. The predicted octanol–water partition coefficient (Wildman–Crippen LogP) is 1.77. The van der Waals surface area contributed by atoms with E-state index in [1.807, 2.05) is 37.3 Å². The summed E-state index contributed by atoms with van der Waals surface area (Å²) in [4.78, 5) is 24.7. The van der Waals surface area contributed by atoms with Gasteiger partial charge in [-0.15, -0.1) is 0 Å². The minimum atomic E-state index is -0.821. The maximum absolute atomic E-state index is 12.0. The number of rotatable bonds is 6. The number of benzene rings is 1. The average molecular weight is 291 g/mol. The molecule has 0 unspecified atom stereocenters. The molecule has 2 atom stereocenters. The molecule has 1 fully saturated rings. The van der Waals surface area contributed by atoms with E-state index in [4.69, 9.17) is 9.84 Å². The minimum Gasteiger partial charge on any atom is -0.481 e. The van der Waals surface area contributed by atoms with Crippen LogP contribution in [0.25, 0.3) is 0 Å². The first-order valence-electron chi connectivity index (χ1n) is 7.20. The average Bonchev–Trinajstić information content (AvgIpc) is 2.87. The lowest BCUT2D eigenvalue weighted by atomic mass is 9.99. The van der Waals surface area contributed by atoms with E-state index in [-0.39, 0.29) is 11.8 Å². The Labute approximate surface area is 124 Å². The Morgan fingerprint density at radius 1 is 1.29 bits per heavy atom. The summed E-state index contributed by atoms with van der Waals surface area (Å²) in [7, 11) is 0. The number of amides is 1.